The molecule has 1 N–H and O–H groups in total. The molecular formula is C13H16N2O4. The Balaban J connectivity index is 2.28. The Kier molecular flexibility index (Phi) is 4.01. The van der Waals surface area contributed by atoms with Gasteiger partial charge < -0.3 is 19.1 Å². The second kappa shape index (κ2) is 5.71. The van der Waals surface area contributed by atoms with Crippen LogP contribution in [-0.4, -0.2) is 35.6 Å². The summed E-state index contributed by atoms with van der Waals surface area (Å²) < 4.78 is 15.4. The summed E-state index contributed by atoms with van der Waals surface area (Å²) in [5.74, 6) is 2.09. The lowest BCUT2D eigenvalue weighted by Crippen LogP contribution is -2.04. The van der Waals surface area contributed by atoms with Crippen LogP contribution in [0.3, 0.4) is 0 Å². The second-order valence-corrected chi connectivity index (χ2v) is 4.13. The summed E-state index contributed by atoms with van der Waals surface area (Å²) in [7, 11) is 3.14. The Hall–Kier alpha value is -2.08. The van der Waals surface area contributed by atoms with E-state index in [0.29, 0.717) is 29.6 Å². The lowest BCUT2D eigenvalue weighted by molar-refractivity contribution is 0.181. The molecule has 0 saturated carbocycles. The Bertz CT molecular complexity index is 551. The van der Waals surface area contributed by atoms with Gasteiger partial charge in [-0.15, -0.1) is 0 Å². The molecule has 0 aliphatic carbocycles. The van der Waals surface area contributed by atoms with E-state index in [1.165, 1.54) is 0 Å². The van der Waals surface area contributed by atoms with Gasteiger partial charge in [0.15, 0.2) is 11.5 Å². The maximum Gasteiger partial charge on any atom is 0.229 e. The lowest BCUT2D eigenvalue weighted by Gasteiger charge is -2.07. The number of aromatic nitrogens is 2. The number of rotatable bonds is 5. The molecule has 1 aromatic carbocycles. The first-order valence-electron chi connectivity index (χ1n) is 5.87. The van der Waals surface area contributed by atoms with Crippen molar-refractivity contribution >= 4 is 0 Å². The minimum Gasteiger partial charge on any atom is -0.493 e. The summed E-state index contributed by atoms with van der Waals surface area (Å²) in [5.41, 5.74) is 0.762. The van der Waals surface area contributed by atoms with Crippen molar-refractivity contribution in [2.45, 2.75) is 19.4 Å². The first kappa shape index (κ1) is 13.4. The Morgan fingerprint density at radius 1 is 1.26 bits per heavy atom. The van der Waals surface area contributed by atoms with Gasteiger partial charge in [0.1, 0.15) is 0 Å². The first-order chi connectivity index (χ1) is 9.13. The quantitative estimate of drug-likeness (QED) is 0.885. The zero-order valence-electron chi connectivity index (χ0n) is 11.1. The number of hydrogen-bond acceptors (Lipinski definition) is 6. The third-order valence-corrected chi connectivity index (χ3v) is 2.58. The zero-order valence-corrected chi connectivity index (χ0v) is 11.1. The fourth-order valence-corrected chi connectivity index (χ4v) is 1.68. The smallest absolute Gasteiger partial charge is 0.229 e. The van der Waals surface area contributed by atoms with E-state index >= 15 is 0 Å². The van der Waals surface area contributed by atoms with E-state index in [1.54, 1.807) is 33.3 Å². The number of hydrogen-bond donors (Lipinski definition) is 1. The maximum atomic E-state index is 9.27. The third kappa shape index (κ3) is 3.03. The van der Waals surface area contributed by atoms with Gasteiger partial charge in [-0.1, -0.05) is 5.16 Å². The van der Waals surface area contributed by atoms with Crippen molar-refractivity contribution in [1.82, 2.24) is 10.1 Å². The fraction of sp³-hybridized carbons (Fsp3) is 0.385. The SMILES string of the molecule is COc1ccc(-c2noc(CC(C)O)n2)cc1OC. The van der Waals surface area contributed by atoms with Gasteiger partial charge in [0.25, 0.3) is 0 Å². The fourth-order valence-electron chi connectivity index (χ4n) is 1.68. The minimum atomic E-state index is -0.515. The normalized spacial score (nSPS) is 12.2. The molecule has 1 atom stereocenters. The Morgan fingerprint density at radius 2 is 2.00 bits per heavy atom. The van der Waals surface area contributed by atoms with E-state index in [-0.39, 0.29) is 0 Å². The van der Waals surface area contributed by atoms with Crippen molar-refractivity contribution in [2.24, 2.45) is 0 Å². The van der Waals surface area contributed by atoms with E-state index in [4.69, 9.17) is 14.0 Å². The van der Waals surface area contributed by atoms with Crippen LogP contribution >= 0.6 is 0 Å². The molecule has 102 valence electrons. The Morgan fingerprint density at radius 3 is 2.63 bits per heavy atom. The van der Waals surface area contributed by atoms with Gasteiger partial charge in [-0.2, -0.15) is 4.98 Å². The lowest BCUT2D eigenvalue weighted by atomic mass is 10.2. The highest BCUT2D eigenvalue weighted by atomic mass is 16.5. The molecule has 2 aromatic rings. The predicted molar refractivity (Wildman–Crippen MR) is 68.2 cm³/mol. The summed E-state index contributed by atoms with van der Waals surface area (Å²) in [6.45, 7) is 1.67. The van der Waals surface area contributed by atoms with Gasteiger partial charge in [-0.05, 0) is 25.1 Å². The van der Waals surface area contributed by atoms with Crippen molar-refractivity contribution in [2.75, 3.05) is 14.2 Å². The van der Waals surface area contributed by atoms with E-state index in [9.17, 15) is 5.11 Å². The molecule has 0 fully saturated rings. The van der Waals surface area contributed by atoms with Crippen LogP contribution in [0, 0.1) is 0 Å². The molecule has 0 radical (unpaired) electrons. The maximum absolute atomic E-state index is 9.27. The molecule has 0 bridgehead atoms. The van der Waals surface area contributed by atoms with Crippen LogP contribution in [0.15, 0.2) is 22.7 Å². The number of nitrogens with zero attached hydrogens (tertiary/aromatic N) is 2. The highest BCUT2D eigenvalue weighted by molar-refractivity contribution is 5.60. The van der Waals surface area contributed by atoms with Gasteiger partial charge >= 0.3 is 0 Å². The molecule has 1 unspecified atom stereocenters. The van der Waals surface area contributed by atoms with Crippen LogP contribution in [0.25, 0.3) is 11.4 Å². The number of methoxy groups -OCH3 is 2. The monoisotopic (exact) mass is 264 g/mol. The van der Waals surface area contributed by atoms with E-state index in [1.807, 2.05) is 6.07 Å². The van der Waals surface area contributed by atoms with Crippen molar-refractivity contribution in [3.05, 3.63) is 24.1 Å². The molecule has 0 saturated heterocycles. The Labute approximate surface area is 111 Å². The van der Waals surface area contributed by atoms with Crippen LogP contribution in [0.4, 0.5) is 0 Å². The van der Waals surface area contributed by atoms with Crippen LogP contribution in [0.1, 0.15) is 12.8 Å². The molecule has 1 heterocycles. The largest absolute Gasteiger partial charge is 0.493 e. The van der Waals surface area contributed by atoms with Crippen LogP contribution < -0.4 is 9.47 Å². The van der Waals surface area contributed by atoms with Crippen molar-refractivity contribution in [1.29, 1.82) is 0 Å². The van der Waals surface area contributed by atoms with Crippen molar-refractivity contribution in [3.8, 4) is 22.9 Å². The van der Waals surface area contributed by atoms with Crippen LogP contribution in [0.2, 0.25) is 0 Å². The van der Waals surface area contributed by atoms with E-state index in [0.717, 1.165) is 5.56 Å². The number of aliphatic hydroxyl groups is 1. The van der Waals surface area contributed by atoms with E-state index < -0.39 is 6.10 Å². The topological polar surface area (TPSA) is 77.6 Å². The molecule has 6 heteroatoms. The van der Waals surface area contributed by atoms with Crippen LogP contribution in [0.5, 0.6) is 11.5 Å². The molecule has 19 heavy (non-hydrogen) atoms. The third-order valence-electron chi connectivity index (χ3n) is 2.58. The molecule has 0 amide bonds. The first-order valence-corrected chi connectivity index (χ1v) is 5.87. The van der Waals surface area contributed by atoms with Crippen molar-refractivity contribution < 1.29 is 19.1 Å². The minimum absolute atomic E-state index is 0.334. The average Bonchev–Trinajstić information content (AvgIpc) is 2.85. The predicted octanol–water partition coefficient (Wildman–Crippen LogP) is 1.68. The van der Waals surface area contributed by atoms with E-state index in [2.05, 4.69) is 10.1 Å². The summed E-state index contributed by atoms with van der Waals surface area (Å²) >= 11 is 0. The summed E-state index contributed by atoms with van der Waals surface area (Å²) in [6.07, 6.45) is -0.181. The van der Waals surface area contributed by atoms with Gasteiger partial charge in [0.05, 0.1) is 26.7 Å². The van der Waals surface area contributed by atoms with Crippen LogP contribution in [-0.2, 0) is 6.42 Å². The number of benzene rings is 1. The summed E-state index contributed by atoms with van der Waals surface area (Å²) in [4.78, 5) is 4.22. The standard InChI is InChI=1S/C13H16N2O4/c1-8(16)6-12-14-13(15-19-12)9-4-5-10(17-2)11(7-9)18-3/h4-5,7-8,16H,6H2,1-3H3. The molecule has 0 aliphatic rings. The second-order valence-electron chi connectivity index (χ2n) is 4.13. The molecular weight excluding hydrogens is 248 g/mol. The molecule has 0 aliphatic heterocycles. The average molecular weight is 264 g/mol. The molecule has 0 spiro atoms. The highest BCUT2D eigenvalue weighted by Gasteiger charge is 2.13. The van der Waals surface area contributed by atoms with Gasteiger partial charge in [0.2, 0.25) is 11.7 Å². The summed E-state index contributed by atoms with van der Waals surface area (Å²) in [5, 5.41) is 13.1. The van der Waals surface area contributed by atoms with Crippen molar-refractivity contribution in [3.63, 3.8) is 0 Å². The number of ether oxygens (including phenoxy) is 2. The van der Waals surface area contributed by atoms with Gasteiger partial charge in [0, 0.05) is 5.56 Å². The summed E-state index contributed by atoms with van der Waals surface area (Å²) in [6, 6.07) is 5.37. The number of aliphatic hydroxyl groups excluding tert-OH is 1. The zero-order chi connectivity index (χ0) is 13.8. The molecule has 6 nitrogen and oxygen atoms in total. The highest BCUT2D eigenvalue weighted by Crippen LogP contribution is 2.31. The molecule has 1 aromatic heterocycles. The van der Waals surface area contributed by atoms with Gasteiger partial charge in [-0.25, -0.2) is 0 Å². The van der Waals surface area contributed by atoms with Gasteiger partial charge in [-0.3, -0.25) is 0 Å². The molecule has 2 rings (SSSR count).